The highest BCUT2D eigenvalue weighted by atomic mass is 16.7. The Bertz CT molecular complexity index is 603. The van der Waals surface area contributed by atoms with Gasteiger partial charge in [0.2, 0.25) is 5.91 Å². The lowest BCUT2D eigenvalue weighted by Gasteiger charge is -2.36. The summed E-state index contributed by atoms with van der Waals surface area (Å²) < 4.78 is 5.12. The molecule has 3 aliphatic carbocycles. The van der Waals surface area contributed by atoms with E-state index in [0.717, 1.165) is 45.0 Å². The molecule has 0 aromatic carbocycles. The molecule has 4 N–H and O–H groups in total. The number of hydroxylamine groups is 1. The monoisotopic (exact) mass is 421 g/mol. The zero-order valence-electron chi connectivity index (χ0n) is 18.3. The van der Waals surface area contributed by atoms with Gasteiger partial charge in [0.1, 0.15) is 6.23 Å². The third-order valence-electron chi connectivity index (χ3n) is 8.11. The second-order valence-electron chi connectivity index (χ2n) is 10.2. The maximum atomic E-state index is 12.9. The highest BCUT2D eigenvalue weighted by Crippen LogP contribution is 2.46. The molecular formula is C22H39N5O3. The summed E-state index contributed by atoms with van der Waals surface area (Å²) in [5.74, 6) is 3.05. The number of nitrogens with one attached hydrogen (secondary N) is 4. The Balaban J connectivity index is 1.06. The van der Waals surface area contributed by atoms with Gasteiger partial charge in [0.25, 0.3) is 0 Å². The van der Waals surface area contributed by atoms with E-state index >= 15 is 0 Å². The van der Waals surface area contributed by atoms with E-state index in [2.05, 4.69) is 26.5 Å². The normalized spacial score (nSPS) is 41.8. The topological polar surface area (TPSA) is 86.9 Å². The lowest BCUT2D eigenvalue weighted by Crippen LogP contribution is -2.47. The summed E-state index contributed by atoms with van der Waals surface area (Å²) in [6, 6.07) is 0.367. The molecule has 0 radical (unpaired) electrons. The molecule has 5 fully saturated rings. The van der Waals surface area contributed by atoms with Crippen LogP contribution in [0.4, 0.5) is 0 Å². The second kappa shape index (κ2) is 9.38. The van der Waals surface area contributed by atoms with Gasteiger partial charge in [0, 0.05) is 45.3 Å². The smallest absolute Gasteiger partial charge is 0.226 e. The Morgan fingerprint density at radius 1 is 1.13 bits per heavy atom. The van der Waals surface area contributed by atoms with E-state index in [9.17, 15) is 4.79 Å². The van der Waals surface area contributed by atoms with Crippen molar-refractivity contribution >= 4 is 5.91 Å². The first-order chi connectivity index (χ1) is 14.7. The van der Waals surface area contributed by atoms with E-state index in [-0.39, 0.29) is 18.1 Å². The molecule has 0 bridgehead atoms. The lowest BCUT2D eigenvalue weighted by atomic mass is 9.73. The predicted octanol–water partition coefficient (Wildman–Crippen LogP) is 0.957. The van der Waals surface area contributed by atoms with Crippen LogP contribution >= 0.6 is 0 Å². The van der Waals surface area contributed by atoms with Gasteiger partial charge in [-0.25, -0.2) is 5.01 Å². The number of rotatable bonds is 8. The molecule has 5 aliphatic rings. The minimum Gasteiger partial charge on any atom is -0.385 e. The third-order valence-corrected chi connectivity index (χ3v) is 8.11. The van der Waals surface area contributed by atoms with Crippen LogP contribution in [0, 0.1) is 29.6 Å². The largest absolute Gasteiger partial charge is 0.385 e. The SMILES string of the molecule is COCCCN1CC(C(=O)N[C@@H]2CCC3CC(C4NOC(C5CC5)N4)CCC32)CN1. The maximum absolute atomic E-state index is 12.9. The van der Waals surface area contributed by atoms with Crippen molar-refractivity contribution in [3.8, 4) is 0 Å². The summed E-state index contributed by atoms with van der Waals surface area (Å²) in [4.78, 5) is 18.7. The standard InChI is InChI=1S/C22H39N5O3/c1-29-10-2-9-27-13-17(12-23-27)21(28)24-19-8-6-15-11-16(5-7-18(15)19)20-25-22(30-26-20)14-3-4-14/h14-20,22-23,25-26H,2-13H2,1H3,(H,24,28)/t15?,16?,17?,18?,19-,20?,22?/m1/s1. The molecule has 1 amide bonds. The average Bonchev–Trinajstić information content (AvgIpc) is 3.16. The van der Waals surface area contributed by atoms with Crippen LogP contribution in [0.25, 0.3) is 0 Å². The molecule has 0 aromatic rings. The van der Waals surface area contributed by atoms with Crippen molar-refractivity contribution in [1.29, 1.82) is 0 Å². The summed E-state index contributed by atoms with van der Waals surface area (Å²) in [5, 5.41) is 9.29. The third kappa shape index (κ3) is 4.69. The fraction of sp³-hybridized carbons (Fsp3) is 0.955. The number of carbonyl (C=O) groups is 1. The zero-order valence-corrected chi connectivity index (χ0v) is 18.3. The number of hydrazine groups is 1. The Morgan fingerprint density at radius 2 is 1.97 bits per heavy atom. The highest BCUT2D eigenvalue weighted by Gasteiger charge is 2.46. The highest BCUT2D eigenvalue weighted by molar-refractivity contribution is 5.79. The molecule has 8 heteroatoms. The summed E-state index contributed by atoms with van der Waals surface area (Å²) in [6.07, 6.45) is 10.2. The first kappa shape index (κ1) is 21.1. The van der Waals surface area contributed by atoms with Crippen molar-refractivity contribution in [3.05, 3.63) is 0 Å². The average molecular weight is 422 g/mol. The van der Waals surface area contributed by atoms with Gasteiger partial charge in [-0.05, 0) is 69.1 Å². The molecule has 0 spiro atoms. The number of hydrogen-bond acceptors (Lipinski definition) is 7. The summed E-state index contributed by atoms with van der Waals surface area (Å²) in [5.41, 5.74) is 6.65. The van der Waals surface area contributed by atoms with Gasteiger partial charge in [-0.15, -0.1) is 0 Å². The van der Waals surface area contributed by atoms with E-state index in [1.165, 1.54) is 38.5 Å². The number of methoxy groups -OCH3 is 1. The van der Waals surface area contributed by atoms with Gasteiger partial charge in [0.05, 0.1) is 12.1 Å². The minimum absolute atomic E-state index is 0.0614. The van der Waals surface area contributed by atoms with E-state index in [4.69, 9.17) is 9.57 Å². The molecule has 2 heterocycles. The Hall–Kier alpha value is -0.770. The molecule has 7 atom stereocenters. The lowest BCUT2D eigenvalue weighted by molar-refractivity contribution is -0.125. The molecule has 2 saturated heterocycles. The van der Waals surface area contributed by atoms with Gasteiger partial charge in [-0.1, -0.05) is 0 Å². The molecule has 0 aromatic heterocycles. The summed E-state index contributed by atoms with van der Waals surface area (Å²) >= 11 is 0. The zero-order chi connectivity index (χ0) is 20.5. The van der Waals surface area contributed by atoms with Gasteiger partial charge < -0.3 is 10.1 Å². The Kier molecular flexibility index (Phi) is 6.60. The van der Waals surface area contributed by atoms with E-state index in [0.29, 0.717) is 30.0 Å². The molecule has 2 aliphatic heterocycles. The van der Waals surface area contributed by atoms with Crippen molar-refractivity contribution in [2.45, 2.75) is 69.8 Å². The number of ether oxygens (including phenoxy) is 1. The second-order valence-corrected chi connectivity index (χ2v) is 10.2. The van der Waals surface area contributed by atoms with E-state index in [1.807, 2.05) is 0 Å². The number of hydrogen-bond donors (Lipinski definition) is 4. The number of fused-ring (bicyclic) bond motifs is 1. The van der Waals surface area contributed by atoms with Gasteiger partial charge >= 0.3 is 0 Å². The molecule has 30 heavy (non-hydrogen) atoms. The van der Waals surface area contributed by atoms with Crippen LogP contribution in [0.5, 0.6) is 0 Å². The van der Waals surface area contributed by atoms with Gasteiger partial charge in [-0.2, -0.15) is 5.48 Å². The first-order valence-electron chi connectivity index (χ1n) is 12.2. The van der Waals surface area contributed by atoms with Gasteiger partial charge in [-0.3, -0.25) is 20.4 Å². The fourth-order valence-electron chi connectivity index (χ4n) is 6.21. The summed E-state index contributed by atoms with van der Waals surface area (Å²) in [6.45, 7) is 3.25. The maximum Gasteiger partial charge on any atom is 0.226 e. The Morgan fingerprint density at radius 3 is 2.80 bits per heavy atom. The molecule has 3 saturated carbocycles. The van der Waals surface area contributed by atoms with Crippen LogP contribution in [0.3, 0.4) is 0 Å². The van der Waals surface area contributed by atoms with Crippen LogP contribution in [0.2, 0.25) is 0 Å². The van der Waals surface area contributed by atoms with Crippen LogP contribution in [-0.4, -0.2) is 62.7 Å². The Labute approximate surface area is 180 Å². The number of amides is 1. The van der Waals surface area contributed by atoms with Crippen LogP contribution in [0.1, 0.15) is 51.4 Å². The fourth-order valence-corrected chi connectivity index (χ4v) is 6.21. The van der Waals surface area contributed by atoms with Crippen LogP contribution < -0.4 is 21.5 Å². The first-order valence-corrected chi connectivity index (χ1v) is 12.2. The van der Waals surface area contributed by atoms with Crippen molar-refractivity contribution in [1.82, 2.24) is 26.5 Å². The summed E-state index contributed by atoms with van der Waals surface area (Å²) in [7, 11) is 1.73. The molecule has 6 unspecified atom stereocenters. The van der Waals surface area contributed by atoms with Crippen molar-refractivity contribution in [2.24, 2.45) is 29.6 Å². The van der Waals surface area contributed by atoms with E-state index in [1.54, 1.807) is 7.11 Å². The molecular weight excluding hydrogens is 382 g/mol. The van der Waals surface area contributed by atoms with Gasteiger partial charge in [0.15, 0.2) is 0 Å². The van der Waals surface area contributed by atoms with Crippen molar-refractivity contribution < 1.29 is 14.4 Å². The van der Waals surface area contributed by atoms with E-state index < -0.39 is 0 Å². The minimum atomic E-state index is 0.0614. The molecule has 170 valence electrons. The van der Waals surface area contributed by atoms with Crippen LogP contribution in [0.15, 0.2) is 0 Å². The number of carbonyl (C=O) groups excluding carboxylic acids is 1. The predicted molar refractivity (Wildman–Crippen MR) is 113 cm³/mol. The van der Waals surface area contributed by atoms with Crippen molar-refractivity contribution in [2.75, 3.05) is 33.4 Å². The molecule has 5 rings (SSSR count). The van der Waals surface area contributed by atoms with Crippen molar-refractivity contribution in [3.63, 3.8) is 0 Å². The number of nitrogens with zero attached hydrogens (tertiary/aromatic N) is 1. The quantitative estimate of drug-likeness (QED) is 0.434. The van der Waals surface area contributed by atoms with Crippen LogP contribution in [-0.2, 0) is 14.4 Å². The molecule has 8 nitrogen and oxygen atoms in total.